The Bertz CT molecular complexity index is 337. The molecule has 1 unspecified atom stereocenters. The van der Waals surface area contributed by atoms with Gasteiger partial charge in [-0.3, -0.25) is 9.69 Å². The van der Waals surface area contributed by atoms with Crippen LogP contribution in [0.2, 0.25) is 0 Å². The van der Waals surface area contributed by atoms with Gasteiger partial charge in [0.15, 0.2) is 0 Å². The van der Waals surface area contributed by atoms with Crippen molar-refractivity contribution in [3.05, 3.63) is 12.0 Å². The van der Waals surface area contributed by atoms with Crippen molar-refractivity contribution in [1.29, 1.82) is 0 Å². The maximum absolute atomic E-state index is 11.3. The third-order valence-corrected chi connectivity index (χ3v) is 2.21. The minimum Gasteiger partial charge on any atom is -0.431 e. The lowest BCUT2D eigenvalue weighted by atomic mass is 10.4. The summed E-state index contributed by atoms with van der Waals surface area (Å²) in [4.78, 5) is 16.9. The minimum atomic E-state index is -0.125. The first-order chi connectivity index (χ1) is 6.16. The lowest BCUT2D eigenvalue weighted by Crippen LogP contribution is -2.24. The molecular weight excluding hydrogens is 192 g/mol. The molecule has 0 bridgehead atoms. The normalized spacial score (nSPS) is 22.8. The fourth-order valence-electron chi connectivity index (χ4n) is 1.31. The van der Waals surface area contributed by atoms with Crippen molar-refractivity contribution >= 4 is 23.5 Å². The lowest BCUT2D eigenvalue weighted by Gasteiger charge is -2.08. The Morgan fingerprint density at radius 3 is 3.00 bits per heavy atom. The maximum atomic E-state index is 11.3. The van der Waals surface area contributed by atoms with E-state index in [4.69, 9.17) is 16.0 Å². The molecule has 0 aromatic carbocycles. The molecule has 1 aromatic heterocycles. The van der Waals surface area contributed by atoms with Gasteiger partial charge in [-0.2, -0.15) is 4.98 Å². The van der Waals surface area contributed by atoms with E-state index in [2.05, 4.69) is 4.98 Å². The number of amides is 1. The van der Waals surface area contributed by atoms with E-state index in [1.165, 1.54) is 11.2 Å². The van der Waals surface area contributed by atoms with Crippen molar-refractivity contribution in [2.45, 2.75) is 18.7 Å². The first-order valence-electron chi connectivity index (χ1n) is 4.03. The molecule has 0 aliphatic carbocycles. The molecule has 1 aromatic rings. The van der Waals surface area contributed by atoms with E-state index in [0.29, 0.717) is 19.0 Å². The van der Waals surface area contributed by atoms with Crippen LogP contribution >= 0.6 is 11.6 Å². The Balaban J connectivity index is 2.22. The van der Waals surface area contributed by atoms with Crippen LogP contribution in [0.5, 0.6) is 0 Å². The highest BCUT2D eigenvalue weighted by molar-refractivity contribution is 6.24. The third-order valence-electron chi connectivity index (χ3n) is 1.92. The van der Waals surface area contributed by atoms with E-state index in [0.717, 1.165) is 5.69 Å². The van der Waals surface area contributed by atoms with Crippen molar-refractivity contribution in [1.82, 2.24) is 4.98 Å². The van der Waals surface area contributed by atoms with Gasteiger partial charge in [-0.1, -0.05) is 0 Å². The van der Waals surface area contributed by atoms with Crippen LogP contribution in [0.15, 0.2) is 10.7 Å². The summed E-state index contributed by atoms with van der Waals surface area (Å²) < 4.78 is 5.10. The number of nitrogens with zero attached hydrogens (tertiary/aromatic N) is 2. The monoisotopic (exact) mass is 200 g/mol. The van der Waals surface area contributed by atoms with Crippen molar-refractivity contribution in [2.24, 2.45) is 0 Å². The molecule has 0 saturated carbocycles. The number of oxazole rings is 1. The number of hydrogen-bond donors (Lipinski definition) is 0. The van der Waals surface area contributed by atoms with Crippen LogP contribution in [0.3, 0.4) is 0 Å². The van der Waals surface area contributed by atoms with Crippen LogP contribution in [0, 0.1) is 6.92 Å². The summed E-state index contributed by atoms with van der Waals surface area (Å²) in [6, 6.07) is 0.352. The Morgan fingerprint density at radius 2 is 2.54 bits per heavy atom. The Kier molecular flexibility index (Phi) is 2.00. The van der Waals surface area contributed by atoms with E-state index in [1.54, 1.807) is 0 Å². The average molecular weight is 201 g/mol. The highest BCUT2D eigenvalue weighted by Gasteiger charge is 2.31. The van der Waals surface area contributed by atoms with Crippen molar-refractivity contribution in [2.75, 3.05) is 11.4 Å². The number of alkyl halides is 1. The second-order valence-electron chi connectivity index (χ2n) is 3.08. The molecule has 13 heavy (non-hydrogen) atoms. The first-order valence-corrected chi connectivity index (χ1v) is 4.47. The van der Waals surface area contributed by atoms with Gasteiger partial charge in [-0.15, -0.1) is 11.6 Å². The van der Waals surface area contributed by atoms with Gasteiger partial charge in [0.05, 0.1) is 11.1 Å². The number of aromatic nitrogens is 1. The second kappa shape index (κ2) is 3.03. The second-order valence-corrected chi connectivity index (χ2v) is 3.69. The first kappa shape index (κ1) is 8.56. The van der Waals surface area contributed by atoms with E-state index in [1.807, 2.05) is 6.92 Å². The van der Waals surface area contributed by atoms with Gasteiger partial charge in [0.25, 0.3) is 0 Å². The minimum absolute atomic E-state index is 0.0261. The molecule has 0 N–H and O–H groups in total. The zero-order valence-electron chi connectivity index (χ0n) is 7.16. The number of halogens is 1. The summed E-state index contributed by atoms with van der Waals surface area (Å²) in [5, 5.41) is -0.125. The highest BCUT2D eigenvalue weighted by Crippen LogP contribution is 2.23. The lowest BCUT2D eigenvalue weighted by molar-refractivity contribution is -0.117. The molecule has 1 aliphatic rings. The SMILES string of the molecule is Cc1coc(N2CC(Cl)CC2=O)n1. The third kappa shape index (κ3) is 1.54. The summed E-state index contributed by atoms with van der Waals surface area (Å²) in [6.45, 7) is 2.30. The summed E-state index contributed by atoms with van der Waals surface area (Å²) in [6.07, 6.45) is 1.88. The van der Waals surface area contributed by atoms with Crippen LogP contribution in [0.1, 0.15) is 12.1 Å². The largest absolute Gasteiger partial charge is 0.431 e. The number of carbonyl (C=O) groups is 1. The van der Waals surface area contributed by atoms with Gasteiger partial charge < -0.3 is 4.42 Å². The molecule has 2 heterocycles. The highest BCUT2D eigenvalue weighted by atomic mass is 35.5. The van der Waals surface area contributed by atoms with Crippen LogP contribution in [0.25, 0.3) is 0 Å². The topological polar surface area (TPSA) is 46.3 Å². The van der Waals surface area contributed by atoms with Crippen molar-refractivity contribution in [3.8, 4) is 0 Å². The number of carbonyl (C=O) groups excluding carboxylic acids is 1. The Hall–Kier alpha value is -1.03. The molecule has 1 aliphatic heterocycles. The van der Waals surface area contributed by atoms with E-state index in [-0.39, 0.29) is 11.3 Å². The van der Waals surface area contributed by atoms with Crippen molar-refractivity contribution < 1.29 is 9.21 Å². The molecule has 1 fully saturated rings. The van der Waals surface area contributed by atoms with Gasteiger partial charge in [0.1, 0.15) is 6.26 Å². The average Bonchev–Trinajstić information content (AvgIpc) is 2.58. The predicted octanol–water partition coefficient (Wildman–Crippen LogP) is 1.33. The quantitative estimate of drug-likeness (QED) is 0.643. The zero-order valence-corrected chi connectivity index (χ0v) is 7.91. The number of rotatable bonds is 1. The fourth-order valence-corrected chi connectivity index (χ4v) is 1.58. The van der Waals surface area contributed by atoms with Crippen LogP contribution in [-0.4, -0.2) is 22.8 Å². The molecule has 0 radical (unpaired) electrons. The summed E-state index contributed by atoms with van der Waals surface area (Å²) in [5.74, 6) is -0.0261. The summed E-state index contributed by atoms with van der Waals surface area (Å²) in [7, 11) is 0. The molecule has 4 nitrogen and oxygen atoms in total. The van der Waals surface area contributed by atoms with Crippen LogP contribution < -0.4 is 4.90 Å². The smallest absolute Gasteiger partial charge is 0.304 e. The fraction of sp³-hybridized carbons (Fsp3) is 0.500. The zero-order chi connectivity index (χ0) is 9.42. The van der Waals surface area contributed by atoms with Crippen molar-refractivity contribution in [3.63, 3.8) is 0 Å². The molecule has 0 spiro atoms. The number of anilines is 1. The molecule has 1 amide bonds. The predicted molar refractivity (Wildman–Crippen MR) is 47.9 cm³/mol. The Labute approximate surface area is 80.5 Å². The van der Waals surface area contributed by atoms with Gasteiger partial charge in [0, 0.05) is 13.0 Å². The van der Waals surface area contributed by atoms with E-state index < -0.39 is 0 Å². The number of aryl methyl sites for hydroxylation is 1. The molecule has 70 valence electrons. The number of hydrogen-bond acceptors (Lipinski definition) is 3. The van der Waals surface area contributed by atoms with E-state index in [9.17, 15) is 4.79 Å². The van der Waals surface area contributed by atoms with E-state index >= 15 is 0 Å². The van der Waals surface area contributed by atoms with Crippen LogP contribution in [-0.2, 0) is 4.79 Å². The van der Waals surface area contributed by atoms with Gasteiger partial charge in [0.2, 0.25) is 5.91 Å². The van der Waals surface area contributed by atoms with Crippen LogP contribution in [0.4, 0.5) is 6.01 Å². The summed E-state index contributed by atoms with van der Waals surface area (Å²) in [5.41, 5.74) is 0.765. The molecular formula is C8H9ClN2O2. The van der Waals surface area contributed by atoms with Gasteiger partial charge >= 0.3 is 6.01 Å². The Morgan fingerprint density at radius 1 is 1.77 bits per heavy atom. The van der Waals surface area contributed by atoms with Gasteiger partial charge in [-0.05, 0) is 6.92 Å². The molecule has 5 heteroatoms. The van der Waals surface area contributed by atoms with Gasteiger partial charge in [-0.25, -0.2) is 0 Å². The molecule has 1 saturated heterocycles. The maximum Gasteiger partial charge on any atom is 0.304 e. The molecule has 1 atom stereocenters. The standard InChI is InChI=1S/C8H9ClN2O2/c1-5-4-13-8(10-5)11-3-6(9)2-7(11)12/h4,6H,2-3H2,1H3. The summed E-state index contributed by atoms with van der Waals surface area (Å²) >= 11 is 5.83. The molecule has 2 rings (SSSR count).